The summed E-state index contributed by atoms with van der Waals surface area (Å²) in [7, 11) is -3.95. The maximum absolute atomic E-state index is 12.6. The first kappa shape index (κ1) is 17.8. The molecule has 0 radical (unpaired) electrons. The molecular formula is C16H14Cl2N2O4S. The van der Waals surface area contributed by atoms with Gasteiger partial charge in [0.05, 0.1) is 10.7 Å². The topological polar surface area (TPSA) is 84.5 Å². The maximum Gasteiger partial charge on any atom is 0.265 e. The van der Waals surface area contributed by atoms with Crippen LogP contribution in [-0.2, 0) is 14.8 Å². The van der Waals surface area contributed by atoms with Crippen LogP contribution in [0.2, 0.25) is 10.0 Å². The molecular weight excluding hydrogens is 387 g/mol. The molecule has 2 aromatic carbocycles. The molecule has 1 amide bonds. The molecule has 0 fully saturated rings. The van der Waals surface area contributed by atoms with Crippen LogP contribution in [0.1, 0.15) is 13.3 Å². The molecule has 25 heavy (non-hydrogen) atoms. The lowest BCUT2D eigenvalue weighted by Gasteiger charge is -2.25. The number of carbonyl (C=O) groups excluding carboxylic acids is 1. The monoisotopic (exact) mass is 400 g/mol. The fourth-order valence-electron chi connectivity index (χ4n) is 2.35. The Bertz CT molecular complexity index is 930. The van der Waals surface area contributed by atoms with Crippen LogP contribution in [0.15, 0.2) is 41.3 Å². The average Bonchev–Trinajstić information content (AvgIpc) is 2.55. The highest BCUT2D eigenvalue weighted by Gasteiger charge is 2.29. The number of carbonyl (C=O) groups is 1. The van der Waals surface area contributed by atoms with Gasteiger partial charge in [0.1, 0.15) is 10.6 Å². The van der Waals surface area contributed by atoms with Crippen molar-refractivity contribution in [3.63, 3.8) is 0 Å². The Morgan fingerprint density at radius 2 is 1.88 bits per heavy atom. The van der Waals surface area contributed by atoms with Crippen molar-refractivity contribution in [3.8, 4) is 5.75 Å². The number of sulfonamides is 1. The van der Waals surface area contributed by atoms with Gasteiger partial charge in [-0.05, 0) is 36.8 Å². The molecule has 2 aromatic rings. The summed E-state index contributed by atoms with van der Waals surface area (Å²) in [5.41, 5.74) is 0.684. The van der Waals surface area contributed by atoms with E-state index in [1.54, 1.807) is 19.1 Å². The summed E-state index contributed by atoms with van der Waals surface area (Å²) in [5.74, 6) is -0.0340. The predicted octanol–water partition coefficient (Wildman–Crippen LogP) is 3.90. The number of halogens is 2. The molecule has 132 valence electrons. The number of nitrogens with one attached hydrogen (secondary N) is 2. The molecule has 1 aliphatic rings. The Kier molecular flexibility index (Phi) is 4.81. The van der Waals surface area contributed by atoms with Gasteiger partial charge < -0.3 is 10.1 Å². The van der Waals surface area contributed by atoms with E-state index in [1.807, 2.05) is 0 Å². The molecule has 0 aromatic heterocycles. The molecule has 1 heterocycles. The average molecular weight is 401 g/mol. The number of ether oxygens (including phenoxy) is 1. The molecule has 0 bridgehead atoms. The maximum atomic E-state index is 12.6. The zero-order valence-corrected chi connectivity index (χ0v) is 15.4. The van der Waals surface area contributed by atoms with E-state index < -0.39 is 16.1 Å². The van der Waals surface area contributed by atoms with Gasteiger partial charge in [-0.3, -0.25) is 9.52 Å². The standard InChI is InChI=1S/C16H14Cl2N2O4S/c1-2-13-16(21)19-12-7-11(18)15(8-14(12)24-13)25(22,23)20-10-5-3-9(17)4-6-10/h3-8,13,20H,2H2,1H3,(H,19,21). The number of fused-ring (bicyclic) bond motifs is 1. The Labute approximate surface area is 155 Å². The van der Waals surface area contributed by atoms with Crippen LogP contribution in [0.5, 0.6) is 5.75 Å². The van der Waals surface area contributed by atoms with Crippen LogP contribution in [0.3, 0.4) is 0 Å². The minimum Gasteiger partial charge on any atom is -0.478 e. The third-order valence-electron chi connectivity index (χ3n) is 3.61. The summed E-state index contributed by atoms with van der Waals surface area (Å²) in [5, 5.41) is 3.12. The van der Waals surface area contributed by atoms with Gasteiger partial charge in [-0.1, -0.05) is 30.1 Å². The first-order valence-corrected chi connectivity index (χ1v) is 9.63. The minimum absolute atomic E-state index is 0.0286. The second-order valence-electron chi connectivity index (χ2n) is 5.40. The Balaban J connectivity index is 1.96. The number of amides is 1. The van der Waals surface area contributed by atoms with Crippen molar-refractivity contribution in [1.82, 2.24) is 0 Å². The van der Waals surface area contributed by atoms with Crippen LogP contribution in [0.4, 0.5) is 11.4 Å². The van der Waals surface area contributed by atoms with E-state index in [2.05, 4.69) is 10.0 Å². The van der Waals surface area contributed by atoms with E-state index in [0.29, 0.717) is 22.8 Å². The predicted molar refractivity (Wildman–Crippen MR) is 97.0 cm³/mol. The zero-order valence-electron chi connectivity index (χ0n) is 13.0. The first-order chi connectivity index (χ1) is 11.8. The van der Waals surface area contributed by atoms with Crippen LogP contribution in [-0.4, -0.2) is 20.4 Å². The summed E-state index contributed by atoms with van der Waals surface area (Å²) in [6.07, 6.45) is -0.215. The summed E-state index contributed by atoms with van der Waals surface area (Å²) in [6.45, 7) is 1.80. The van der Waals surface area contributed by atoms with Crippen molar-refractivity contribution < 1.29 is 17.9 Å². The van der Waals surface area contributed by atoms with Crippen molar-refractivity contribution in [2.75, 3.05) is 10.0 Å². The fraction of sp³-hybridized carbons (Fsp3) is 0.188. The van der Waals surface area contributed by atoms with Gasteiger partial charge in [0.2, 0.25) is 0 Å². The Morgan fingerprint density at radius 1 is 1.20 bits per heavy atom. The van der Waals surface area contributed by atoms with Crippen LogP contribution < -0.4 is 14.8 Å². The fourth-order valence-corrected chi connectivity index (χ4v) is 4.08. The molecule has 9 heteroatoms. The van der Waals surface area contributed by atoms with Gasteiger partial charge in [0.25, 0.3) is 15.9 Å². The third-order valence-corrected chi connectivity index (χ3v) is 5.71. The summed E-state index contributed by atoms with van der Waals surface area (Å²) < 4.78 is 33.3. The first-order valence-electron chi connectivity index (χ1n) is 7.39. The molecule has 0 spiro atoms. The second kappa shape index (κ2) is 6.74. The van der Waals surface area contributed by atoms with Gasteiger partial charge in [0.15, 0.2) is 6.10 Å². The lowest BCUT2D eigenvalue weighted by molar-refractivity contribution is -0.123. The van der Waals surface area contributed by atoms with Crippen LogP contribution >= 0.6 is 23.2 Å². The molecule has 1 aliphatic heterocycles. The molecule has 6 nitrogen and oxygen atoms in total. The quantitative estimate of drug-likeness (QED) is 0.814. The number of hydrogen-bond acceptors (Lipinski definition) is 4. The van der Waals surface area contributed by atoms with Gasteiger partial charge in [-0.15, -0.1) is 0 Å². The highest BCUT2D eigenvalue weighted by atomic mass is 35.5. The SMILES string of the molecule is CCC1Oc2cc(S(=O)(=O)Nc3ccc(Cl)cc3)c(Cl)cc2NC1=O. The highest BCUT2D eigenvalue weighted by molar-refractivity contribution is 7.92. The third kappa shape index (κ3) is 3.68. The van der Waals surface area contributed by atoms with E-state index in [0.717, 1.165) is 0 Å². The minimum atomic E-state index is -3.95. The zero-order chi connectivity index (χ0) is 18.2. The molecule has 3 rings (SSSR count). The summed E-state index contributed by atoms with van der Waals surface area (Å²) in [4.78, 5) is 11.7. The number of anilines is 2. The molecule has 0 saturated carbocycles. The lowest BCUT2D eigenvalue weighted by atomic mass is 10.2. The molecule has 0 saturated heterocycles. The lowest BCUT2D eigenvalue weighted by Crippen LogP contribution is -2.36. The van der Waals surface area contributed by atoms with Crippen molar-refractivity contribution in [1.29, 1.82) is 0 Å². The Hall–Kier alpha value is -1.96. The Morgan fingerprint density at radius 3 is 2.52 bits per heavy atom. The molecule has 0 aliphatic carbocycles. The second-order valence-corrected chi connectivity index (χ2v) is 7.89. The molecule has 2 N–H and O–H groups in total. The van der Waals surface area contributed by atoms with Crippen molar-refractivity contribution >= 4 is 50.5 Å². The van der Waals surface area contributed by atoms with Crippen LogP contribution in [0.25, 0.3) is 0 Å². The van der Waals surface area contributed by atoms with Gasteiger partial charge in [-0.2, -0.15) is 0 Å². The van der Waals surface area contributed by atoms with Crippen LogP contribution in [0, 0.1) is 0 Å². The van der Waals surface area contributed by atoms with Crippen molar-refractivity contribution in [2.45, 2.75) is 24.3 Å². The largest absolute Gasteiger partial charge is 0.478 e. The van der Waals surface area contributed by atoms with Gasteiger partial charge in [0, 0.05) is 16.8 Å². The summed E-state index contributed by atoms with van der Waals surface area (Å²) >= 11 is 11.9. The van der Waals surface area contributed by atoms with E-state index in [1.165, 1.54) is 24.3 Å². The van der Waals surface area contributed by atoms with Crippen molar-refractivity contribution in [2.24, 2.45) is 0 Å². The number of rotatable bonds is 4. The number of hydrogen-bond donors (Lipinski definition) is 2. The number of benzene rings is 2. The normalized spacial score (nSPS) is 16.6. The molecule has 1 atom stereocenters. The highest BCUT2D eigenvalue weighted by Crippen LogP contribution is 2.37. The van der Waals surface area contributed by atoms with Gasteiger partial charge >= 0.3 is 0 Å². The van der Waals surface area contributed by atoms with E-state index in [9.17, 15) is 13.2 Å². The van der Waals surface area contributed by atoms with E-state index in [4.69, 9.17) is 27.9 Å². The smallest absolute Gasteiger partial charge is 0.265 e. The van der Waals surface area contributed by atoms with E-state index in [-0.39, 0.29) is 21.6 Å². The summed E-state index contributed by atoms with van der Waals surface area (Å²) in [6, 6.07) is 8.87. The van der Waals surface area contributed by atoms with Crippen molar-refractivity contribution in [3.05, 3.63) is 46.4 Å². The molecule has 1 unspecified atom stereocenters. The van der Waals surface area contributed by atoms with Gasteiger partial charge in [-0.25, -0.2) is 8.42 Å². The van der Waals surface area contributed by atoms with E-state index >= 15 is 0 Å².